The third kappa shape index (κ3) is 5.54. The Balaban J connectivity index is 1.50. The van der Waals surface area contributed by atoms with Gasteiger partial charge in [0.15, 0.2) is 11.5 Å². The van der Waals surface area contributed by atoms with Gasteiger partial charge in [0, 0.05) is 43.8 Å². The molecule has 2 aromatic carbocycles. The molecule has 5 rings (SSSR count). The zero-order chi connectivity index (χ0) is 26.5. The number of nitrogens with zero attached hydrogens (tertiary/aromatic N) is 2. The molecule has 0 saturated heterocycles. The molecule has 2 aromatic heterocycles. The topological polar surface area (TPSA) is 79.4 Å². The smallest absolute Gasteiger partial charge is 0.231 e. The number of hydrogen-bond donors (Lipinski definition) is 0. The highest BCUT2D eigenvalue weighted by atomic mass is 32.1. The number of carbonyl (C=O) groups excluding carboxylic acids is 1. The number of ether oxygens (including phenoxy) is 5. The summed E-state index contributed by atoms with van der Waals surface area (Å²) in [6, 6.07) is 15.5. The lowest BCUT2D eigenvalue weighted by molar-refractivity contribution is -0.131. The zero-order valence-corrected chi connectivity index (χ0v) is 22.5. The average molecular weight is 535 g/mol. The summed E-state index contributed by atoms with van der Waals surface area (Å²) >= 11 is 1.62. The third-order valence-corrected chi connectivity index (χ3v) is 7.34. The van der Waals surface area contributed by atoms with Crippen molar-refractivity contribution in [2.24, 2.45) is 0 Å². The highest BCUT2D eigenvalue weighted by Gasteiger charge is 2.22. The molecule has 38 heavy (non-hydrogen) atoms. The molecule has 9 heteroatoms. The van der Waals surface area contributed by atoms with Crippen molar-refractivity contribution in [3.63, 3.8) is 0 Å². The quantitative estimate of drug-likeness (QED) is 0.241. The molecule has 8 nitrogen and oxygen atoms in total. The highest BCUT2D eigenvalue weighted by molar-refractivity contribution is 7.13. The Labute approximate surface area is 225 Å². The summed E-state index contributed by atoms with van der Waals surface area (Å²) in [4.78, 5) is 21.6. The van der Waals surface area contributed by atoms with Gasteiger partial charge < -0.3 is 28.6 Å². The van der Waals surface area contributed by atoms with E-state index < -0.39 is 0 Å². The van der Waals surface area contributed by atoms with Crippen LogP contribution in [-0.2, 0) is 22.5 Å². The van der Waals surface area contributed by atoms with E-state index in [0.717, 1.165) is 32.6 Å². The molecule has 0 aliphatic carbocycles. The molecular weight excluding hydrogens is 504 g/mol. The highest BCUT2D eigenvalue weighted by Crippen LogP contribution is 2.38. The molecule has 0 N–H and O–H groups in total. The van der Waals surface area contributed by atoms with E-state index in [1.165, 1.54) is 0 Å². The SMILES string of the molecule is COCCCN(Cc1cc2cc3c(cc2nc1-c1cccs1)OCO3)C(=O)Cc1cc(OC)ccc1OC. The first-order chi connectivity index (χ1) is 18.6. The molecule has 4 aromatic rings. The first kappa shape index (κ1) is 25.8. The number of benzene rings is 2. The maximum absolute atomic E-state index is 13.7. The molecule has 0 spiro atoms. The molecule has 1 aliphatic rings. The van der Waals surface area contributed by atoms with Gasteiger partial charge in [0.05, 0.1) is 36.7 Å². The van der Waals surface area contributed by atoms with E-state index in [1.807, 2.05) is 52.7 Å². The predicted octanol–water partition coefficient (Wildman–Crippen LogP) is 5.32. The van der Waals surface area contributed by atoms with E-state index in [9.17, 15) is 4.79 Å². The van der Waals surface area contributed by atoms with E-state index in [0.29, 0.717) is 49.1 Å². The number of hydrogen-bond acceptors (Lipinski definition) is 8. The second-order valence-electron chi connectivity index (χ2n) is 8.89. The van der Waals surface area contributed by atoms with E-state index in [1.54, 1.807) is 32.7 Å². The van der Waals surface area contributed by atoms with E-state index in [4.69, 9.17) is 28.7 Å². The van der Waals surface area contributed by atoms with Gasteiger partial charge in [0.25, 0.3) is 0 Å². The molecule has 198 valence electrons. The molecule has 0 radical (unpaired) electrons. The second kappa shape index (κ2) is 11.7. The van der Waals surface area contributed by atoms with Crippen molar-refractivity contribution in [1.82, 2.24) is 9.88 Å². The zero-order valence-electron chi connectivity index (χ0n) is 21.7. The lowest BCUT2D eigenvalue weighted by Gasteiger charge is -2.25. The summed E-state index contributed by atoms with van der Waals surface area (Å²) in [6.45, 7) is 1.71. The van der Waals surface area contributed by atoms with Crippen molar-refractivity contribution in [3.05, 3.63) is 65.0 Å². The molecule has 0 fully saturated rings. The van der Waals surface area contributed by atoms with Gasteiger partial charge >= 0.3 is 0 Å². The van der Waals surface area contributed by atoms with Crippen molar-refractivity contribution in [1.29, 1.82) is 0 Å². The maximum atomic E-state index is 13.7. The lowest BCUT2D eigenvalue weighted by atomic mass is 10.1. The molecular formula is C29H30N2O6S. The van der Waals surface area contributed by atoms with Gasteiger partial charge in [-0.15, -0.1) is 11.3 Å². The van der Waals surface area contributed by atoms with Crippen molar-refractivity contribution in [2.45, 2.75) is 19.4 Å². The van der Waals surface area contributed by atoms with Crippen molar-refractivity contribution >= 4 is 28.1 Å². The largest absolute Gasteiger partial charge is 0.497 e. The fraction of sp³-hybridized carbons (Fsp3) is 0.310. The molecule has 0 bridgehead atoms. The lowest BCUT2D eigenvalue weighted by Crippen LogP contribution is -2.33. The van der Waals surface area contributed by atoms with Crippen LogP contribution in [0.2, 0.25) is 0 Å². The Morgan fingerprint density at radius 1 is 1.03 bits per heavy atom. The molecule has 1 aliphatic heterocycles. The number of methoxy groups -OCH3 is 3. The van der Waals surface area contributed by atoms with Gasteiger partial charge in [0.1, 0.15) is 11.5 Å². The minimum absolute atomic E-state index is 0.0180. The first-order valence-electron chi connectivity index (χ1n) is 12.3. The Morgan fingerprint density at radius 2 is 1.87 bits per heavy atom. The second-order valence-corrected chi connectivity index (χ2v) is 9.84. The number of thiophene rings is 1. The number of amides is 1. The fourth-order valence-corrected chi connectivity index (χ4v) is 5.30. The van der Waals surface area contributed by atoms with Crippen LogP contribution in [0.4, 0.5) is 0 Å². The Morgan fingerprint density at radius 3 is 2.61 bits per heavy atom. The normalized spacial score (nSPS) is 12.1. The number of pyridine rings is 1. The number of aromatic nitrogens is 1. The van der Waals surface area contributed by atoms with Crippen LogP contribution in [0.3, 0.4) is 0 Å². The minimum Gasteiger partial charge on any atom is -0.497 e. The molecule has 0 unspecified atom stereocenters. The van der Waals surface area contributed by atoms with Crippen molar-refractivity contribution < 1.29 is 28.5 Å². The van der Waals surface area contributed by atoms with Gasteiger partial charge in [-0.2, -0.15) is 0 Å². The Kier molecular flexibility index (Phi) is 7.95. The molecule has 0 saturated carbocycles. The summed E-state index contributed by atoms with van der Waals surface area (Å²) < 4.78 is 27.3. The Bertz CT molecular complexity index is 1420. The third-order valence-electron chi connectivity index (χ3n) is 6.46. The van der Waals surface area contributed by atoms with Gasteiger partial charge in [-0.1, -0.05) is 6.07 Å². The van der Waals surface area contributed by atoms with Crippen LogP contribution in [0.15, 0.2) is 53.9 Å². The summed E-state index contributed by atoms with van der Waals surface area (Å²) in [6.07, 6.45) is 0.896. The van der Waals surface area contributed by atoms with Gasteiger partial charge in [-0.05, 0) is 53.8 Å². The van der Waals surface area contributed by atoms with Crippen LogP contribution in [-0.4, -0.2) is 57.1 Å². The predicted molar refractivity (Wildman–Crippen MR) is 146 cm³/mol. The van der Waals surface area contributed by atoms with Crippen LogP contribution in [0, 0.1) is 0 Å². The van der Waals surface area contributed by atoms with Crippen molar-refractivity contribution in [2.75, 3.05) is 41.3 Å². The number of fused-ring (bicyclic) bond motifs is 2. The average Bonchev–Trinajstić information content (AvgIpc) is 3.63. The summed E-state index contributed by atoms with van der Waals surface area (Å²) in [5.74, 6) is 2.71. The fourth-order valence-electron chi connectivity index (χ4n) is 4.55. The van der Waals surface area contributed by atoms with Crippen LogP contribution in [0.5, 0.6) is 23.0 Å². The van der Waals surface area contributed by atoms with E-state index in [-0.39, 0.29) is 19.1 Å². The molecule has 3 heterocycles. The number of rotatable bonds is 11. The molecule has 1 amide bonds. The monoisotopic (exact) mass is 534 g/mol. The molecule has 0 atom stereocenters. The van der Waals surface area contributed by atoms with E-state index >= 15 is 0 Å². The summed E-state index contributed by atoms with van der Waals surface area (Å²) in [7, 11) is 4.88. The van der Waals surface area contributed by atoms with Crippen LogP contribution < -0.4 is 18.9 Å². The van der Waals surface area contributed by atoms with Crippen LogP contribution in [0.25, 0.3) is 21.5 Å². The van der Waals surface area contributed by atoms with Crippen LogP contribution >= 0.6 is 11.3 Å². The summed E-state index contributed by atoms with van der Waals surface area (Å²) in [5, 5.41) is 2.96. The van der Waals surface area contributed by atoms with Gasteiger partial charge in [0.2, 0.25) is 12.7 Å². The van der Waals surface area contributed by atoms with Crippen molar-refractivity contribution in [3.8, 4) is 33.6 Å². The standard InChI is InChI=1S/C29H30N2O6S/c1-33-10-5-9-31(28(32)15-20-13-22(34-2)7-8-24(20)35-3)17-21-12-19-14-25-26(37-18-36-25)16-23(19)30-29(21)27-6-4-11-38-27/h4,6-8,11-14,16H,5,9-10,15,17-18H2,1-3H3. The summed E-state index contributed by atoms with van der Waals surface area (Å²) in [5.41, 5.74) is 3.41. The van der Waals surface area contributed by atoms with Gasteiger partial charge in [-0.3, -0.25) is 4.79 Å². The Hall–Kier alpha value is -3.82. The first-order valence-corrected chi connectivity index (χ1v) is 13.2. The van der Waals surface area contributed by atoms with Crippen LogP contribution in [0.1, 0.15) is 17.5 Å². The van der Waals surface area contributed by atoms with Gasteiger partial charge in [-0.25, -0.2) is 4.98 Å². The minimum atomic E-state index is -0.0180. The maximum Gasteiger partial charge on any atom is 0.231 e. The van der Waals surface area contributed by atoms with E-state index in [2.05, 4.69) is 6.07 Å². The number of carbonyl (C=O) groups is 1.